The average molecular weight is 359 g/mol. The number of aromatic nitrogens is 1. The molecule has 134 valence electrons. The highest BCUT2D eigenvalue weighted by Gasteiger charge is 2.19. The molecule has 0 aliphatic carbocycles. The zero-order chi connectivity index (χ0) is 18.6. The van der Waals surface area contributed by atoms with Gasteiger partial charge in [0.2, 0.25) is 5.91 Å². The molecule has 0 radical (unpaired) electrons. The molecule has 0 bridgehead atoms. The van der Waals surface area contributed by atoms with Crippen molar-refractivity contribution in [2.24, 2.45) is 0 Å². The molecular formula is C19H25N3O2S. The van der Waals surface area contributed by atoms with Crippen LogP contribution in [0.1, 0.15) is 49.3 Å². The van der Waals surface area contributed by atoms with Crippen LogP contribution in [-0.4, -0.2) is 34.8 Å². The highest BCUT2D eigenvalue weighted by atomic mass is 32.1. The first-order valence-corrected chi connectivity index (χ1v) is 9.20. The molecule has 2 aromatic rings. The molecular weight excluding hydrogens is 334 g/mol. The van der Waals surface area contributed by atoms with E-state index in [2.05, 4.69) is 31.1 Å². The number of amides is 2. The van der Waals surface area contributed by atoms with Crippen molar-refractivity contribution in [1.29, 1.82) is 0 Å². The van der Waals surface area contributed by atoms with Gasteiger partial charge in [-0.05, 0) is 37.0 Å². The van der Waals surface area contributed by atoms with Crippen molar-refractivity contribution in [3.63, 3.8) is 0 Å². The smallest absolute Gasteiger partial charge is 0.254 e. The van der Waals surface area contributed by atoms with E-state index in [9.17, 15) is 9.59 Å². The summed E-state index contributed by atoms with van der Waals surface area (Å²) < 4.78 is 0. The van der Waals surface area contributed by atoms with Crippen LogP contribution in [0.2, 0.25) is 0 Å². The second kappa shape index (κ2) is 7.78. The highest BCUT2D eigenvalue weighted by Crippen LogP contribution is 2.22. The van der Waals surface area contributed by atoms with Crippen molar-refractivity contribution in [3.05, 3.63) is 46.5 Å². The summed E-state index contributed by atoms with van der Waals surface area (Å²) in [5, 5.41) is 5.16. The fourth-order valence-electron chi connectivity index (χ4n) is 2.37. The number of anilines is 1. The molecule has 0 saturated carbocycles. The molecule has 5 nitrogen and oxygen atoms in total. The van der Waals surface area contributed by atoms with Gasteiger partial charge in [0, 0.05) is 17.5 Å². The lowest BCUT2D eigenvalue weighted by Gasteiger charge is -2.22. The normalized spacial score (nSPS) is 11.2. The maximum atomic E-state index is 12.7. The zero-order valence-corrected chi connectivity index (χ0v) is 16.2. The molecule has 0 saturated heterocycles. The number of likely N-dealkylation sites (N-methyl/N-ethyl adjacent to an activating group) is 1. The van der Waals surface area contributed by atoms with Crippen molar-refractivity contribution < 1.29 is 9.59 Å². The Morgan fingerprint density at radius 2 is 1.84 bits per heavy atom. The van der Waals surface area contributed by atoms with Gasteiger partial charge in [-0.25, -0.2) is 4.98 Å². The van der Waals surface area contributed by atoms with E-state index >= 15 is 0 Å². The molecule has 1 N–H and O–H groups in total. The van der Waals surface area contributed by atoms with Crippen LogP contribution in [0.25, 0.3) is 0 Å². The predicted octanol–water partition coefficient (Wildman–Crippen LogP) is 3.85. The topological polar surface area (TPSA) is 62.3 Å². The molecule has 0 unspecified atom stereocenters. The molecule has 0 fully saturated rings. The summed E-state index contributed by atoms with van der Waals surface area (Å²) in [7, 11) is 0. The molecule has 6 heteroatoms. The van der Waals surface area contributed by atoms with E-state index in [0.29, 0.717) is 17.2 Å². The standard InChI is InChI=1S/C19H25N3O2S/c1-6-22(11-16(23)21-18-20-13(2)12-25-18)17(24)14-7-9-15(10-8-14)19(3,4)5/h7-10,12H,6,11H2,1-5H3,(H,20,21,23). The summed E-state index contributed by atoms with van der Waals surface area (Å²) in [4.78, 5) is 30.6. The van der Waals surface area contributed by atoms with Gasteiger partial charge in [0.1, 0.15) is 6.54 Å². The van der Waals surface area contributed by atoms with Crippen molar-refractivity contribution in [2.75, 3.05) is 18.4 Å². The summed E-state index contributed by atoms with van der Waals surface area (Å²) in [6.07, 6.45) is 0. The van der Waals surface area contributed by atoms with Crippen LogP contribution in [0, 0.1) is 6.92 Å². The summed E-state index contributed by atoms with van der Waals surface area (Å²) in [6, 6.07) is 7.60. The minimum Gasteiger partial charge on any atom is -0.330 e. The number of hydrogen-bond acceptors (Lipinski definition) is 4. The predicted molar refractivity (Wildman–Crippen MR) is 102 cm³/mol. The second-order valence-electron chi connectivity index (χ2n) is 6.99. The second-order valence-corrected chi connectivity index (χ2v) is 7.85. The van der Waals surface area contributed by atoms with Crippen LogP contribution in [0.15, 0.2) is 29.6 Å². The summed E-state index contributed by atoms with van der Waals surface area (Å²) in [5.74, 6) is -0.385. The Bertz CT molecular complexity index is 745. The molecule has 25 heavy (non-hydrogen) atoms. The average Bonchev–Trinajstić information content (AvgIpc) is 2.96. The van der Waals surface area contributed by atoms with E-state index in [0.717, 1.165) is 5.69 Å². The van der Waals surface area contributed by atoms with E-state index in [-0.39, 0.29) is 23.8 Å². The number of nitrogens with one attached hydrogen (secondary N) is 1. The van der Waals surface area contributed by atoms with Gasteiger partial charge in [0.05, 0.1) is 5.69 Å². The SMILES string of the molecule is CCN(CC(=O)Nc1nc(C)cs1)C(=O)c1ccc(C(C)(C)C)cc1. The Hall–Kier alpha value is -2.21. The number of rotatable bonds is 5. The molecule has 0 aliphatic rings. The molecule has 1 aromatic carbocycles. The van der Waals surface area contributed by atoms with Crippen LogP contribution >= 0.6 is 11.3 Å². The highest BCUT2D eigenvalue weighted by molar-refractivity contribution is 7.13. The number of hydrogen-bond donors (Lipinski definition) is 1. The molecule has 2 rings (SSSR count). The van der Waals surface area contributed by atoms with Gasteiger partial charge in [0.25, 0.3) is 5.91 Å². The zero-order valence-electron chi connectivity index (χ0n) is 15.4. The van der Waals surface area contributed by atoms with Crippen LogP contribution in [0.4, 0.5) is 5.13 Å². The Balaban J connectivity index is 2.03. The fourth-order valence-corrected chi connectivity index (χ4v) is 3.07. The Kier molecular flexibility index (Phi) is 5.95. The van der Waals surface area contributed by atoms with E-state index in [1.165, 1.54) is 21.8 Å². The lowest BCUT2D eigenvalue weighted by atomic mass is 9.86. The van der Waals surface area contributed by atoms with Crippen LogP contribution in [0.5, 0.6) is 0 Å². The van der Waals surface area contributed by atoms with E-state index in [4.69, 9.17) is 0 Å². The molecule has 1 aromatic heterocycles. The number of carbonyl (C=O) groups is 2. The largest absolute Gasteiger partial charge is 0.330 e. The summed E-state index contributed by atoms with van der Waals surface area (Å²) in [6.45, 7) is 10.6. The van der Waals surface area contributed by atoms with E-state index in [1.54, 1.807) is 0 Å². The van der Waals surface area contributed by atoms with Gasteiger partial charge in [-0.2, -0.15) is 0 Å². The molecule has 0 aliphatic heterocycles. The van der Waals surface area contributed by atoms with Gasteiger partial charge >= 0.3 is 0 Å². The van der Waals surface area contributed by atoms with E-state index < -0.39 is 0 Å². The number of aryl methyl sites for hydroxylation is 1. The summed E-state index contributed by atoms with van der Waals surface area (Å²) in [5.41, 5.74) is 2.66. The molecule has 0 spiro atoms. The molecule has 0 atom stereocenters. The quantitative estimate of drug-likeness (QED) is 0.882. The van der Waals surface area contributed by atoms with Crippen molar-refractivity contribution in [1.82, 2.24) is 9.88 Å². The van der Waals surface area contributed by atoms with Crippen molar-refractivity contribution in [3.8, 4) is 0 Å². The van der Waals surface area contributed by atoms with Crippen LogP contribution < -0.4 is 5.32 Å². The van der Waals surface area contributed by atoms with Crippen LogP contribution in [-0.2, 0) is 10.2 Å². The number of nitrogens with zero attached hydrogens (tertiary/aromatic N) is 2. The fraction of sp³-hybridized carbons (Fsp3) is 0.421. The lowest BCUT2D eigenvalue weighted by Crippen LogP contribution is -2.37. The maximum Gasteiger partial charge on any atom is 0.254 e. The van der Waals surface area contributed by atoms with Gasteiger partial charge in [-0.1, -0.05) is 32.9 Å². The Labute approximate surface area is 153 Å². The molecule has 2 amide bonds. The third-order valence-corrected chi connectivity index (χ3v) is 4.74. The van der Waals surface area contributed by atoms with Gasteiger partial charge in [0.15, 0.2) is 5.13 Å². The summed E-state index contributed by atoms with van der Waals surface area (Å²) >= 11 is 1.37. The van der Waals surface area contributed by atoms with Crippen LogP contribution in [0.3, 0.4) is 0 Å². The monoisotopic (exact) mass is 359 g/mol. The lowest BCUT2D eigenvalue weighted by molar-refractivity contribution is -0.116. The minimum atomic E-state index is -0.240. The Morgan fingerprint density at radius 3 is 2.32 bits per heavy atom. The number of carbonyl (C=O) groups excluding carboxylic acids is 2. The third-order valence-electron chi connectivity index (χ3n) is 3.87. The van der Waals surface area contributed by atoms with Gasteiger partial charge in [-0.15, -0.1) is 11.3 Å². The van der Waals surface area contributed by atoms with Gasteiger partial charge < -0.3 is 10.2 Å². The molecule has 1 heterocycles. The Morgan fingerprint density at radius 1 is 1.20 bits per heavy atom. The van der Waals surface area contributed by atoms with Crippen molar-refractivity contribution >= 4 is 28.3 Å². The van der Waals surface area contributed by atoms with E-state index in [1.807, 2.05) is 43.5 Å². The first-order chi connectivity index (χ1) is 11.7. The maximum absolute atomic E-state index is 12.7. The van der Waals surface area contributed by atoms with Gasteiger partial charge in [-0.3, -0.25) is 9.59 Å². The number of benzene rings is 1. The minimum absolute atomic E-state index is 0.00891. The van der Waals surface area contributed by atoms with Crippen molar-refractivity contribution in [2.45, 2.75) is 40.0 Å². The first-order valence-electron chi connectivity index (χ1n) is 8.32. The number of thiazole rings is 1. The third kappa shape index (κ3) is 5.13. The first kappa shape index (κ1) is 19.1.